The Morgan fingerprint density at radius 2 is 1.95 bits per heavy atom. The molecule has 0 radical (unpaired) electrons. The lowest BCUT2D eigenvalue weighted by molar-refractivity contribution is 0.434. The van der Waals surface area contributed by atoms with Crippen LogP contribution in [0.25, 0.3) is 22.6 Å². The van der Waals surface area contributed by atoms with Crippen LogP contribution in [0, 0.1) is 5.92 Å². The van der Waals surface area contributed by atoms with E-state index in [-0.39, 0.29) is 5.92 Å². The normalized spacial score (nSPS) is 11.9. The van der Waals surface area contributed by atoms with Gasteiger partial charge in [-0.15, -0.1) is 10.2 Å². The van der Waals surface area contributed by atoms with Crippen LogP contribution >= 0.6 is 0 Å². The maximum absolute atomic E-state index is 5.73. The van der Waals surface area contributed by atoms with Crippen LogP contribution in [0.3, 0.4) is 0 Å². The van der Waals surface area contributed by atoms with Crippen molar-refractivity contribution >= 4 is 11.1 Å². The van der Waals surface area contributed by atoms with Gasteiger partial charge in [0.25, 0.3) is 5.71 Å². The molecule has 3 rings (SSSR count). The third-order valence-electron chi connectivity index (χ3n) is 3.55. The van der Waals surface area contributed by atoms with Crippen LogP contribution in [0.5, 0.6) is 0 Å². The number of hydrogen-bond donors (Lipinski definition) is 0. The first-order chi connectivity index (χ1) is 10.5. The first-order valence-corrected chi connectivity index (χ1v) is 7.62. The second-order valence-electron chi connectivity index (χ2n) is 6.23. The van der Waals surface area contributed by atoms with E-state index in [9.17, 15) is 0 Å². The van der Waals surface area contributed by atoms with Crippen LogP contribution < -0.4 is 0 Å². The molecule has 0 saturated carbocycles. The van der Waals surface area contributed by atoms with Crippen LogP contribution in [0.2, 0.25) is 0 Å². The summed E-state index contributed by atoms with van der Waals surface area (Å²) in [7, 11) is 0. The van der Waals surface area contributed by atoms with Gasteiger partial charge < -0.3 is 8.94 Å². The average Bonchev–Trinajstić information content (AvgIpc) is 3.11. The van der Waals surface area contributed by atoms with E-state index >= 15 is 0 Å². The van der Waals surface area contributed by atoms with Crippen LogP contribution in [-0.4, -0.2) is 20.3 Å². The van der Waals surface area contributed by atoms with Gasteiger partial charge in [0.15, 0.2) is 0 Å². The molecule has 3 aromatic rings. The minimum atomic E-state index is 0.266. The van der Waals surface area contributed by atoms with E-state index in [1.54, 1.807) is 6.20 Å². The second-order valence-corrected chi connectivity index (χ2v) is 6.23. The van der Waals surface area contributed by atoms with Gasteiger partial charge in [-0.2, -0.15) is 0 Å². The molecule has 0 spiro atoms. The van der Waals surface area contributed by atoms with Gasteiger partial charge in [0.2, 0.25) is 11.8 Å². The van der Waals surface area contributed by atoms with Crippen molar-refractivity contribution in [3.63, 3.8) is 0 Å². The molecule has 3 heterocycles. The highest BCUT2D eigenvalue weighted by molar-refractivity contribution is 5.80. The Hall–Kier alpha value is -2.24. The average molecular weight is 300 g/mol. The number of aromatic nitrogens is 4. The van der Waals surface area contributed by atoms with E-state index in [1.165, 1.54) is 0 Å². The predicted octanol–water partition coefficient (Wildman–Crippen LogP) is 3.98. The smallest absolute Gasteiger partial charge is 0.257 e. The van der Waals surface area contributed by atoms with Crippen molar-refractivity contribution in [1.29, 1.82) is 0 Å². The van der Waals surface area contributed by atoms with Crippen molar-refractivity contribution in [1.82, 2.24) is 20.3 Å². The highest BCUT2D eigenvalue weighted by Crippen LogP contribution is 2.27. The van der Waals surface area contributed by atoms with Crippen molar-refractivity contribution in [3.05, 3.63) is 23.8 Å². The quantitative estimate of drug-likeness (QED) is 0.709. The van der Waals surface area contributed by atoms with Gasteiger partial charge in [-0.1, -0.05) is 32.9 Å². The summed E-state index contributed by atoms with van der Waals surface area (Å²) in [5, 5.41) is 13.2. The molecule has 22 heavy (non-hydrogen) atoms. The van der Waals surface area contributed by atoms with E-state index < -0.39 is 0 Å². The van der Waals surface area contributed by atoms with Crippen LogP contribution in [0.1, 0.15) is 51.6 Å². The summed E-state index contributed by atoms with van der Waals surface area (Å²) in [5.74, 6) is 2.03. The van der Waals surface area contributed by atoms with Gasteiger partial charge in [-0.3, -0.25) is 0 Å². The summed E-state index contributed by atoms with van der Waals surface area (Å²) >= 11 is 0. The fourth-order valence-corrected chi connectivity index (χ4v) is 2.27. The number of aryl methyl sites for hydroxylation is 1. The van der Waals surface area contributed by atoms with E-state index in [2.05, 4.69) is 48.0 Å². The SMILES string of the molecule is CC(C)CCc1nnc(-c2cnc3onc(C(C)C)c3c2)o1. The number of nitrogens with zero attached hydrogens (tertiary/aromatic N) is 4. The summed E-state index contributed by atoms with van der Waals surface area (Å²) < 4.78 is 11.0. The predicted molar refractivity (Wildman–Crippen MR) is 82.3 cm³/mol. The highest BCUT2D eigenvalue weighted by Gasteiger charge is 2.16. The standard InChI is InChI=1S/C16H20N4O2/c1-9(2)5-6-13-18-19-15(21-13)11-7-12-14(10(3)4)20-22-16(12)17-8-11/h7-10H,5-6H2,1-4H3. The lowest BCUT2D eigenvalue weighted by atomic mass is 10.1. The molecule has 0 fully saturated rings. The fraction of sp³-hybridized carbons (Fsp3) is 0.500. The Bertz CT molecular complexity index is 773. The van der Waals surface area contributed by atoms with Crippen molar-refractivity contribution in [2.24, 2.45) is 5.92 Å². The molecule has 6 nitrogen and oxygen atoms in total. The van der Waals surface area contributed by atoms with Gasteiger partial charge in [-0.05, 0) is 24.3 Å². The molecule has 0 bridgehead atoms. The van der Waals surface area contributed by atoms with Crippen molar-refractivity contribution in [3.8, 4) is 11.5 Å². The number of pyridine rings is 1. The molecule has 0 unspecified atom stereocenters. The molecule has 0 aliphatic rings. The first-order valence-electron chi connectivity index (χ1n) is 7.62. The molecular weight excluding hydrogens is 280 g/mol. The number of rotatable bonds is 5. The van der Waals surface area contributed by atoms with Crippen molar-refractivity contribution in [2.75, 3.05) is 0 Å². The fourth-order valence-electron chi connectivity index (χ4n) is 2.27. The Balaban J connectivity index is 1.91. The Morgan fingerprint density at radius 1 is 1.14 bits per heavy atom. The molecule has 0 atom stereocenters. The van der Waals surface area contributed by atoms with Gasteiger partial charge in [0.1, 0.15) is 0 Å². The second kappa shape index (κ2) is 5.87. The zero-order valence-corrected chi connectivity index (χ0v) is 13.3. The summed E-state index contributed by atoms with van der Waals surface area (Å²) in [6.45, 7) is 8.49. The molecule has 0 amide bonds. The van der Waals surface area contributed by atoms with Crippen molar-refractivity contribution in [2.45, 2.75) is 46.5 Å². The summed E-state index contributed by atoms with van der Waals surface area (Å²) in [5.41, 5.74) is 2.22. The highest BCUT2D eigenvalue weighted by atomic mass is 16.5. The zero-order valence-electron chi connectivity index (χ0n) is 13.3. The van der Waals surface area contributed by atoms with Crippen LogP contribution in [-0.2, 0) is 6.42 Å². The first kappa shape index (κ1) is 14.7. The molecule has 0 aromatic carbocycles. The number of hydrogen-bond acceptors (Lipinski definition) is 6. The molecule has 0 aliphatic carbocycles. The van der Waals surface area contributed by atoms with Gasteiger partial charge >= 0.3 is 0 Å². The lowest BCUT2D eigenvalue weighted by Gasteiger charge is -2.00. The lowest BCUT2D eigenvalue weighted by Crippen LogP contribution is -1.91. The zero-order chi connectivity index (χ0) is 15.7. The maximum Gasteiger partial charge on any atom is 0.257 e. The Labute approximate surface area is 128 Å². The number of fused-ring (bicyclic) bond motifs is 1. The van der Waals surface area contributed by atoms with E-state index in [4.69, 9.17) is 8.94 Å². The third kappa shape index (κ3) is 2.86. The molecule has 116 valence electrons. The van der Waals surface area contributed by atoms with Gasteiger partial charge in [0, 0.05) is 12.6 Å². The Morgan fingerprint density at radius 3 is 2.68 bits per heavy atom. The minimum absolute atomic E-state index is 0.266. The van der Waals surface area contributed by atoms with Crippen LogP contribution in [0.4, 0.5) is 0 Å². The van der Waals surface area contributed by atoms with E-state index in [1.807, 2.05) is 6.07 Å². The summed E-state index contributed by atoms with van der Waals surface area (Å²) in [6, 6.07) is 1.95. The summed E-state index contributed by atoms with van der Waals surface area (Å²) in [4.78, 5) is 4.29. The van der Waals surface area contributed by atoms with Gasteiger partial charge in [0.05, 0.1) is 16.6 Å². The molecule has 6 heteroatoms. The maximum atomic E-state index is 5.73. The van der Waals surface area contributed by atoms with Crippen molar-refractivity contribution < 1.29 is 8.94 Å². The molecule has 0 saturated heterocycles. The third-order valence-corrected chi connectivity index (χ3v) is 3.55. The topological polar surface area (TPSA) is 77.8 Å². The monoisotopic (exact) mass is 300 g/mol. The largest absolute Gasteiger partial charge is 0.421 e. The molecule has 3 aromatic heterocycles. The Kier molecular flexibility index (Phi) is 3.92. The molecule has 0 N–H and O–H groups in total. The molecule has 0 aliphatic heterocycles. The van der Waals surface area contributed by atoms with E-state index in [0.717, 1.165) is 29.5 Å². The van der Waals surface area contributed by atoms with E-state index in [0.29, 0.717) is 23.4 Å². The van der Waals surface area contributed by atoms with Gasteiger partial charge in [-0.25, -0.2) is 4.98 Å². The van der Waals surface area contributed by atoms with Crippen LogP contribution in [0.15, 0.2) is 21.2 Å². The summed E-state index contributed by atoms with van der Waals surface area (Å²) in [6.07, 6.45) is 3.50. The minimum Gasteiger partial charge on any atom is -0.421 e. The molecular formula is C16H20N4O2.